The van der Waals surface area contributed by atoms with Gasteiger partial charge in [-0.15, -0.1) is 0 Å². The number of carbonyl (C=O) groups is 6. The van der Waals surface area contributed by atoms with E-state index in [0.717, 1.165) is 25.7 Å². The maximum atomic E-state index is 13.6. The number of benzene rings is 1. The SMILES string of the molecule is CCOC(=O)N1CCN(C(=O)[C@H](CCC(=O)O)NC(=O)c2cc(OCC(=O)N3CCC[C@H]3C(=O)NC3CCCC3)n(-c3ccccc3)n2)CC1. The second-order valence-corrected chi connectivity index (χ2v) is 12.6. The molecule has 2 aliphatic heterocycles. The number of carboxylic acid groups (broad SMARTS) is 1. The van der Waals surface area contributed by atoms with Gasteiger partial charge >= 0.3 is 12.1 Å². The van der Waals surface area contributed by atoms with Crippen molar-refractivity contribution in [1.29, 1.82) is 0 Å². The lowest BCUT2D eigenvalue weighted by molar-refractivity contribution is -0.140. The maximum absolute atomic E-state index is 13.6. The van der Waals surface area contributed by atoms with E-state index in [-0.39, 0.29) is 75.1 Å². The van der Waals surface area contributed by atoms with Crippen LogP contribution in [0.2, 0.25) is 0 Å². The number of para-hydroxylation sites is 1. The summed E-state index contributed by atoms with van der Waals surface area (Å²) in [6.07, 6.45) is 4.30. The molecule has 270 valence electrons. The molecule has 2 atom stereocenters. The molecule has 1 aliphatic carbocycles. The molecule has 2 aromatic rings. The number of amides is 5. The van der Waals surface area contributed by atoms with Gasteiger partial charge in [-0.1, -0.05) is 31.0 Å². The quantitative estimate of drug-likeness (QED) is 0.277. The van der Waals surface area contributed by atoms with E-state index in [1.807, 2.05) is 0 Å². The summed E-state index contributed by atoms with van der Waals surface area (Å²) in [5.41, 5.74) is 0.425. The summed E-state index contributed by atoms with van der Waals surface area (Å²) in [4.78, 5) is 81.4. The van der Waals surface area contributed by atoms with Gasteiger partial charge in [-0.3, -0.25) is 24.0 Å². The molecule has 3 aliphatic rings. The first kappa shape index (κ1) is 36.1. The van der Waals surface area contributed by atoms with Crippen LogP contribution in [0, 0.1) is 0 Å². The highest BCUT2D eigenvalue weighted by atomic mass is 16.6. The first-order valence-electron chi connectivity index (χ1n) is 17.3. The lowest BCUT2D eigenvalue weighted by Gasteiger charge is -2.35. The fourth-order valence-electron chi connectivity index (χ4n) is 6.56. The number of aliphatic carboxylic acids is 1. The molecule has 16 nitrogen and oxygen atoms in total. The third-order valence-corrected chi connectivity index (χ3v) is 9.20. The van der Waals surface area contributed by atoms with Gasteiger partial charge in [0.25, 0.3) is 11.8 Å². The summed E-state index contributed by atoms with van der Waals surface area (Å²) in [6.45, 7) is 2.79. The van der Waals surface area contributed by atoms with Crippen LogP contribution in [0.25, 0.3) is 5.69 Å². The van der Waals surface area contributed by atoms with Gasteiger partial charge in [-0.25, -0.2) is 9.48 Å². The zero-order valence-corrected chi connectivity index (χ0v) is 28.3. The van der Waals surface area contributed by atoms with E-state index in [4.69, 9.17) is 9.47 Å². The maximum Gasteiger partial charge on any atom is 0.409 e. The van der Waals surface area contributed by atoms with Gasteiger partial charge in [0.15, 0.2) is 12.3 Å². The predicted octanol–water partition coefficient (Wildman–Crippen LogP) is 1.56. The molecule has 0 radical (unpaired) electrons. The highest BCUT2D eigenvalue weighted by Crippen LogP contribution is 2.23. The Labute approximate surface area is 290 Å². The van der Waals surface area contributed by atoms with Crippen molar-refractivity contribution in [2.45, 2.75) is 76.4 Å². The summed E-state index contributed by atoms with van der Waals surface area (Å²) in [6, 6.07) is 8.56. The van der Waals surface area contributed by atoms with E-state index in [9.17, 15) is 33.9 Å². The smallest absolute Gasteiger partial charge is 0.409 e. The van der Waals surface area contributed by atoms with Crippen molar-refractivity contribution in [3.63, 3.8) is 0 Å². The van der Waals surface area contributed by atoms with Crippen LogP contribution >= 0.6 is 0 Å². The van der Waals surface area contributed by atoms with Crippen LogP contribution in [-0.4, -0.2) is 129 Å². The Morgan fingerprint density at radius 2 is 1.64 bits per heavy atom. The molecule has 1 aromatic carbocycles. The van der Waals surface area contributed by atoms with E-state index in [1.165, 1.54) is 25.4 Å². The third kappa shape index (κ3) is 9.09. The zero-order chi connectivity index (χ0) is 35.6. The predicted molar refractivity (Wildman–Crippen MR) is 177 cm³/mol. The molecule has 3 fully saturated rings. The molecule has 0 unspecified atom stereocenters. The van der Waals surface area contributed by atoms with Crippen molar-refractivity contribution in [2.75, 3.05) is 45.9 Å². The summed E-state index contributed by atoms with van der Waals surface area (Å²) in [5, 5.41) is 19.5. The molecule has 1 aromatic heterocycles. The van der Waals surface area contributed by atoms with Gasteiger partial charge in [0.05, 0.1) is 12.3 Å². The lowest BCUT2D eigenvalue weighted by Crippen LogP contribution is -2.56. The van der Waals surface area contributed by atoms with Crippen molar-refractivity contribution in [2.24, 2.45) is 0 Å². The molecular weight excluding hydrogens is 650 g/mol. The number of carboxylic acids is 1. The monoisotopic (exact) mass is 695 g/mol. The molecular formula is C34H45N7O9. The standard InChI is InChI=1S/C34H45N7O9/c1-2-49-34(48)39-19-17-38(18-20-39)33(47)25(14-15-30(43)44)36-31(45)26-21-29(41(37-26)24-11-4-3-5-12-24)50-22-28(42)40-16-8-13-27(40)32(46)35-23-9-6-7-10-23/h3-5,11-12,21,23,25,27H,2,6-10,13-20,22H2,1H3,(H,35,46)(H,36,45)(H,43,44)/t25-,27-/m0/s1. The van der Waals surface area contributed by atoms with Crippen molar-refractivity contribution in [1.82, 2.24) is 35.1 Å². The highest BCUT2D eigenvalue weighted by molar-refractivity contribution is 5.96. The molecule has 3 N–H and O–H groups in total. The minimum Gasteiger partial charge on any atom is -0.481 e. The first-order valence-corrected chi connectivity index (χ1v) is 17.3. The van der Waals surface area contributed by atoms with Crippen LogP contribution in [0.4, 0.5) is 4.79 Å². The molecule has 16 heteroatoms. The summed E-state index contributed by atoms with van der Waals surface area (Å²) >= 11 is 0. The van der Waals surface area contributed by atoms with Gasteiger partial charge in [-0.05, 0) is 51.2 Å². The molecule has 5 amide bonds. The summed E-state index contributed by atoms with van der Waals surface area (Å²) in [7, 11) is 0. The third-order valence-electron chi connectivity index (χ3n) is 9.20. The Bertz CT molecular complexity index is 1530. The Morgan fingerprint density at radius 1 is 0.940 bits per heavy atom. The van der Waals surface area contributed by atoms with Gasteiger partial charge in [-0.2, -0.15) is 5.10 Å². The number of hydrogen-bond donors (Lipinski definition) is 3. The van der Waals surface area contributed by atoms with E-state index in [1.54, 1.807) is 37.3 Å². The topological polar surface area (TPSA) is 193 Å². The average Bonchev–Trinajstić information content (AvgIpc) is 3.91. The average molecular weight is 696 g/mol. The minimum atomic E-state index is -1.18. The van der Waals surface area contributed by atoms with Gasteiger partial charge < -0.3 is 39.9 Å². The Kier molecular flexibility index (Phi) is 12.3. The number of piperazine rings is 1. The number of hydrogen-bond acceptors (Lipinski definition) is 9. The largest absolute Gasteiger partial charge is 0.481 e. The van der Waals surface area contributed by atoms with E-state index in [2.05, 4.69) is 15.7 Å². The van der Waals surface area contributed by atoms with Crippen LogP contribution < -0.4 is 15.4 Å². The van der Waals surface area contributed by atoms with Crippen LogP contribution in [-0.2, 0) is 23.9 Å². The summed E-state index contributed by atoms with van der Waals surface area (Å²) < 4.78 is 12.3. The normalized spacial score (nSPS) is 18.4. The van der Waals surface area contributed by atoms with Gasteiger partial charge in [0.1, 0.15) is 12.1 Å². The fourth-order valence-corrected chi connectivity index (χ4v) is 6.56. The molecule has 5 rings (SSSR count). The number of likely N-dealkylation sites (tertiary alicyclic amines) is 1. The van der Waals surface area contributed by atoms with E-state index in [0.29, 0.717) is 25.1 Å². The first-order chi connectivity index (χ1) is 24.1. The van der Waals surface area contributed by atoms with Crippen LogP contribution in [0.5, 0.6) is 5.88 Å². The second kappa shape index (κ2) is 17.0. The number of rotatable bonds is 13. The molecule has 0 spiro atoms. The molecule has 0 bridgehead atoms. The summed E-state index contributed by atoms with van der Waals surface area (Å²) in [5.74, 6) is -2.79. The van der Waals surface area contributed by atoms with Crippen molar-refractivity contribution in [3.8, 4) is 11.6 Å². The highest BCUT2D eigenvalue weighted by Gasteiger charge is 2.36. The van der Waals surface area contributed by atoms with Gasteiger partial charge in [0, 0.05) is 51.3 Å². The Balaban J connectivity index is 1.27. The molecule has 2 saturated heterocycles. The number of ether oxygens (including phenoxy) is 2. The van der Waals surface area contributed by atoms with Crippen LogP contribution in [0.15, 0.2) is 36.4 Å². The van der Waals surface area contributed by atoms with Gasteiger partial charge in [0.2, 0.25) is 17.7 Å². The fraction of sp³-hybridized carbons (Fsp3) is 0.559. The number of aromatic nitrogens is 2. The van der Waals surface area contributed by atoms with Crippen molar-refractivity contribution in [3.05, 3.63) is 42.1 Å². The molecule has 50 heavy (non-hydrogen) atoms. The minimum absolute atomic E-state index is 0.0874. The van der Waals surface area contributed by atoms with Crippen LogP contribution in [0.3, 0.4) is 0 Å². The van der Waals surface area contributed by atoms with E-state index < -0.39 is 42.6 Å². The number of nitrogens with zero attached hydrogens (tertiary/aromatic N) is 5. The van der Waals surface area contributed by atoms with Crippen molar-refractivity contribution < 1.29 is 43.3 Å². The van der Waals surface area contributed by atoms with Crippen LogP contribution in [0.1, 0.15) is 68.8 Å². The lowest BCUT2D eigenvalue weighted by atomic mass is 10.1. The Hall–Kier alpha value is -5.15. The molecule has 1 saturated carbocycles. The number of nitrogens with one attached hydrogen (secondary N) is 2. The Morgan fingerprint density at radius 3 is 2.32 bits per heavy atom. The zero-order valence-electron chi connectivity index (χ0n) is 28.3. The van der Waals surface area contributed by atoms with E-state index >= 15 is 0 Å². The second-order valence-electron chi connectivity index (χ2n) is 12.6. The number of carbonyl (C=O) groups excluding carboxylic acids is 5. The molecule has 3 heterocycles. The van der Waals surface area contributed by atoms with Crippen molar-refractivity contribution >= 4 is 35.7 Å².